The van der Waals surface area contributed by atoms with Crippen LogP contribution in [-0.4, -0.2) is 18.6 Å². The summed E-state index contributed by atoms with van der Waals surface area (Å²) in [5.74, 6) is -2.35. The number of rotatable bonds is 5. The van der Waals surface area contributed by atoms with Crippen molar-refractivity contribution in [1.29, 1.82) is 0 Å². The highest BCUT2D eigenvalue weighted by molar-refractivity contribution is 6.07. The van der Waals surface area contributed by atoms with E-state index in [4.69, 9.17) is 9.47 Å². The Morgan fingerprint density at radius 1 is 1.31 bits per heavy atom. The van der Waals surface area contributed by atoms with Gasteiger partial charge in [0, 0.05) is 0 Å². The Bertz CT molecular complexity index is 823. The molecule has 0 aliphatic carbocycles. The minimum absolute atomic E-state index is 0.0858. The number of para-hydroxylation sites is 1. The maximum Gasteiger partial charge on any atom is 0.259 e. The Labute approximate surface area is 151 Å². The molecule has 0 spiro atoms. The molecule has 26 heavy (non-hydrogen) atoms. The van der Waals surface area contributed by atoms with Gasteiger partial charge in [-0.1, -0.05) is 19.1 Å². The molecule has 4 nitrogen and oxygen atoms in total. The number of hydrogen-bond donors (Lipinski definition) is 1. The van der Waals surface area contributed by atoms with Crippen LogP contribution in [0.3, 0.4) is 0 Å². The van der Waals surface area contributed by atoms with Crippen LogP contribution in [0, 0.1) is 11.6 Å². The standard InChI is InChI=1S/C20H21F2NO3/c1-3-12(2)26-19-16(10-9-15(21)17(19)22)23-20(24)14-8-4-6-13-7-5-11-25-18(13)14/h4,6,8-10,12H,3,5,7,11H2,1-2H3,(H,23,24)/t12-/m1/s1. The Balaban J connectivity index is 1.92. The first kappa shape index (κ1) is 18.2. The van der Waals surface area contributed by atoms with E-state index in [0.717, 1.165) is 24.5 Å². The van der Waals surface area contributed by atoms with Gasteiger partial charge in [0.05, 0.1) is 24.0 Å². The molecule has 138 valence electrons. The molecule has 0 saturated carbocycles. The van der Waals surface area contributed by atoms with Crippen LogP contribution in [0.5, 0.6) is 11.5 Å². The normalized spacial score (nSPS) is 14.2. The lowest BCUT2D eigenvalue weighted by Crippen LogP contribution is -2.19. The number of hydrogen-bond acceptors (Lipinski definition) is 3. The molecule has 1 heterocycles. The van der Waals surface area contributed by atoms with Gasteiger partial charge in [0.2, 0.25) is 5.82 Å². The monoisotopic (exact) mass is 361 g/mol. The minimum atomic E-state index is -1.12. The van der Waals surface area contributed by atoms with Gasteiger partial charge in [-0.2, -0.15) is 4.39 Å². The Morgan fingerprint density at radius 2 is 2.12 bits per heavy atom. The van der Waals surface area contributed by atoms with E-state index in [1.54, 1.807) is 19.1 Å². The Kier molecular flexibility index (Phi) is 5.40. The van der Waals surface area contributed by atoms with Gasteiger partial charge < -0.3 is 14.8 Å². The van der Waals surface area contributed by atoms with E-state index in [0.29, 0.717) is 24.3 Å². The maximum absolute atomic E-state index is 14.2. The molecule has 0 aromatic heterocycles. The zero-order chi connectivity index (χ0) is 18.7. The zero-order valence-electron chi connectivity index (χ0n) is 14.8. The average molecular weight is 361 g/mol. The Hall–Kier alpha value is -2.63. The number of halogens is 2. The number of aryl methyl sites for hydroxylation is 1. The number of carbonyl (C=O) groups excluding carboxylic acids is 1. The smallest absolute Gasteiger partial charge is 0.259 e. The molecule has 0 bridgehead atoms. The highest BCUT2D eigenvalue weighted by atomic mass is 19.2. The third-order valence-corrected chi connectivity index (χ3v) is 4.37. The van der Waals surface area contributed by atoms with Crippen LogP contribution in [0.4, 0.5) is 14.5 Å². The third kappa shape index (κ3) is 3.64. The van der Waals surface area contributed by atoms with Crippen molar-refractivity contribution in [2.45, 2.75) is 39.2 Å². The molecular weight excluding hydrogens is 340 g/mol. The molecule has 6 heteroatoms. The second-order valence-corrected chi connectivity index (χ2v) is 6.27. The maximum atomic E-state index is 14.2. The molecule has 2 aromatic rings. The predicted molar refractivity (Wildman–Crippen MR) is 95.0 cm³/mol. The van der Waals surface area contributed by atoms with E-state index in [1.807, 2.05) is 13.0 Å². The second kappa shape index (κ2) is 7.72. The van der Waals surface area contributed by atoms with Gasteiger partial charge in [0.15, 0.2) is 11.6 Å². The van der Waals surface area contributed by atoms with Gasteiger partial charge in [-0.05, 0) is 49.9 Å². The molecule has 0 saturated heterocycles. The summed E-state index contributed by atoms with van der Waals surface area (Å²) in [7, 11) is 0. The number of carbonyl (C=O) groups is 1. The Morgan fingerprint density at radius 3 is 2.88 bits per heavy atom. The number of amides is 1. The molecule has 2 aromatic carbocycles. The summed E-state index contributed by atoms with van der Waals surface area (Å²) in [6, 6.07) is 7.61. The largest absolute Gasteiger partial charge is 0.492 e. The van der Waals surface area contributed by atoms with Gasteiger partial charge in [-0.25, -0.2) is 4.39 Å². The lowest BCUT2D eigenvalue weighted by molar-refractivity contribution is 0.102. The number of anilines is 1. The van der Waals surface area contributed by atoms with Crippen LogP contribution in [0.15, 0.2) is 30.3 Å². The number of nitrogens with one attached hydrogen (secondary N) is 1. The fourth-order valence-electron chi connectivity index (χ4n) is 2.79. The molecule has 1 amide bonds. The third-order valence-electron chi connectivity index (χ3n) is 4.37. The topological polar surface area (TPSA) is 47.6 Å². The van der Waals surface area contributed by atoms with E-state index < -0.39 is 17.5 Å². The molecule has 0 radical (unpaired) electrons. The number of ether oxygens (including phenoxy) is 2. The summed E-state index contributed by atoms with van der Waals surface area (Å²) in [5.41, 5.74) is 1.41. The number of fused-ring (bicyclic) bond motifs is 1. The van der Waals surface area contributed by atoms with Crippen LogP contribution in [0.1, 0.15) is 42.6 Å². The first-order chi connectivity index (χ1) is 12.5. The van der Waals surface area contributed by atoms with Gasteiger partial charge >= 0.3 is 0 Å². The van der Waals surface area contributed by atoms with Crippen LogP contribution >= 0.6 is 0 Å². The van der Waals surface area contributed by atoms with E-state index >= 15 is 0 Å². The predicted octanol–water partition coefficient (Wildman–Crippen LogP) is 4.72. The highest BCUT2D eigenvalue weighted by Crippen LogP contribution is 2.33. The quantitative estimate of drug-likeness (QED) is 0.838. The van der Waals surface area contributed by atoms with Gasteiger partial charge in [0.1, 0.15) is 5.75 Å². The van der Waals surface area contributed by atoms with Gasteiger partial charge in [-0.15, -0.1) is 0 Å². The summed E-state index contributed by atoms with van der Waals surface area (Å²) >= 11 is 0. The van der Waals surface area contributed by atoms with Crippen molar-refractivity contribution < 1.29 is 23.0 Å². The molecule has 1 aliphatic heterocycles. The SMILES string of the molecule is CC[C@@H](C)Oc1c(NC(=O)c2cccc3c2OCCC3)ccc(F)c1F. The molecule has 1 aliphatic rings. The van der Waals surface area contributed by atoms with Gasteiger partial charge in [0.25, 0.3) is 5.91 Å². The lowest BCUT2D eigenvalue weighted by Gasteiger charge is -2.21. The summed E-state index contributed by atoms with van der Waals surface area (Å²) in [4.78, 5) is 12.7. The lowest BCUT2D eigenvalue weighted by atomic mass is 10.0. The summed E-state index contributed by atoms with van der Waals surface area (Å²) in [6.07, 6.45) is 2.02. The van der Waals surface area contributed by atoms with Crippen LogP contribution in [0.25, 0.3) is 0 Å². The molecule has 1 atom stereocenters. The van der Waals surface area contributed by atoms with Crippen molar-refractivity contribution in [3.05, 3.63) is 53.1 Å². The van der Waals surface area contributed by atoms with Crippen molar-refractivity contribution in [3.63, 3.8) is 0 Å². The van der Waals surface area contributed by atoms with Crippen LogP contribution in [0.2, 0.25) is 0 Å². The van der Waals surface area contributed by atoms with Crippen LogP contribution in [-0.2, 0) is 6.42 Å². The van der Waals surface area contributed by atoms with E-state index in [1.165, 1.54) is 6.07 Å². The van der Waals surface area contributed by atoms with E-state index in [9.17, 15) is 13.6 Å². The summed E-state index contributed by atoms with van der Waals surface area (Å²) in [6.45, 7) is 4.16. The minimum Gasteiger partial charge on any atom is -0.492 e. The number of benzene rings is 2. The average Bonchev–Trinajstić information content (AvgIpc) is 2.66. The molecule has 0 fully saturated rings. The summed E-state index contributed by atoms with van der Waals surface area (Å²) in [5, 5.41) is 2.62. The van der Waals surface area contributed by atoms with Crippen LogP contribution < -0.4 is 14.8 Å². The van der Waals surface area contributed by atoms with Crippen molar-refractivity contribution in [1.82, 2.24) is 0 Å². The zero-order valence-corrected chi connectivity index (χ0v) is 14.8. The summed E-state index contributed by atoms with van der Waals surface area (Å²) < 4.78 is 39.0. The fourth-order valence-corrected chi connectivity index (χ4v) is 2.79. The van der Waals surface area contributed by atoms with Crippen molar-refractivity contribution in [2.75, 3.05) is 11.9 Å². The highest BCUT2D eigenvalue weighted by Gasteiger charge is 2.22. The van der Waals surface area contributed by atoms with E-state index in [2.05, 4.69) is 5.32 Å². The molecule has 3 rings (SSSR count). The molecular formula is C20H21F2NO3. The first-order valence-electron chi connectivity index (χ1n) is 8.72. The van der Waals surface area contributed by atoms with Crippen molar-refractivity contribution >= 4 is 11.6 Å². The second-order valence-electron chi connectivity index (χ2n) is 6.27. The fraction of sp³-hybridized carbons (Fsp3) is 0.350. The van der Waals surface area contributed by atoms with Crippen molar-refractivity contribution in [3.8, 4) is 11.5 Å². The molecule has 0 unspecified atom stereocenters. The van der Waals surface area contributed by atoms with Crippen molar-refractivity contribution in [2.24, 2.45) is 0 Å². The molecule has 1 N–H and O–H groups in total. The van der Waals surface area contributed by atoms with Gasteiger partial charge in [-0.3, -0.25) is 4.79 Å². The first-order valence-corrected chi connectivity index (χ1v) is 8.72. The van der Waals surface area contributed by atoms with E-state index in [-0.39, 0.29) is 17.5 Å².